The standard InChI is InChI=1S/C21H21N3O3S2/c1-13-12-28-21(22-13)29-14(2)19(25)23-16-10-8-15(9-11-16)20(26)24-17-6-4-5-7-18(17)27-3/h4-12,14H,1-3H3,(H,23,25)(H,24,26). The Kier molecular flexibility index (Phi) is 6.90. The molecule has 0 aliphatic rings. The molecule has 1 heterocycles. The molecule has 2 N–H and O–H groups in total. The number of amides is 2. The fraction of sp³-hybridized carbons (Fsp3) is 0.190. The second-order valence-electron chi connectivity index (χ2n) is 6.24. The zero-order valence-electron chi connectivity index (χ0n) is 16.3. The van der Waals surface area contributed by atoms with E-state index in [-0.39, 0.29) is 17.1 Å². The summed E-state index contributed by atoms with van der Waals surface area (Å²) in [6.07, 6.45) is 0. The number of hydrogen-bond acceptors (Lipinski definition) is 6. The highest BCUT2D eigenvalue weighted by Crippen LogP contribution is 2.27. The Bertz CT molecular complexity index is 1000. The fourth-order valence-corrected chi connectivity index (χ4v) is 4.47. The van der Waals surface area contributed by atoms with Crippen LogP contribution in [0.2, 0.25) is 0 Å². The Morgan fingerprint density at radius 3 is 2.48 bits per heavy atom. The number of anilines is 2. The van der Waals surface area contributed by atoms with Crippen molar-refractivity contribution in [1.29, 1.82) is 0 Å². The highest BCUT2D eigenvalue weighted by molar-refractivity contribution is 8.02. The largest absolute Gasteiger partial charge is 0.495 e. The van der Waals surface area contributed by atoms with Crippen LogP contribution in [0.25, 0.3) is 0 Å². The smallest absolute Gasteiger partial charge is 0.255 e. The van der Waals surface area contributed by atoms with Gasteiger partial charge in [0.2, 0.25) is 5.91 Å². The third kappa shape index (κ3) is 5.58. The lowest BCUT2D eigenvalue weighted by Crippen LogP contribution is -2.22. The van der Waals surface area contributed by atoms with E-state index in [1.807, 2.05) is 31.4 Å². The Labute approximate surface area is 177 Å². The van der Waals surface area contributed by atoms with Gasteiger partial charge in [-0.15, -0.1) is 11.3 Å². The number of carbonyl (C=O) groups excluding carboxylic acids is 2. The Morgan fingerprint density at radius 2 is 1.83 bits per heavy atom. The maximum absolute atomic E-state index is 12.5. The monoisotopic (exact) mass is 427 g/mol. The van der Waals surface area contributed by atoms with Crippen molar-refractivity contribution in [2.24, 2.45) is 0 Å². The zero-order chi connectivity index (χ0) is 20.8. The second kappa shape index (κ2) is 9.58. The first-order valence-electron chi connectivity index (χ1n) is 8.90. The number of para-hydroxylation sites is 2. The molecule has 29 heavy (non-hydrogen) atoms. The van der Waals surface area contributed by atoms with Gasteiger partial charge < -0.3 is 15.4 Å². The first kappa shape index (κ1) is 20.9. The van der Waals surface area contributed by atoms with Crippen molar-refractivity contribution in [2.75, 3.05) is 17.7 Å². The van der Waals surface area contributed by atoms with E-state index in [1.165, 1.54) is 23.1 Å². The summed E-state index contributed by atoms with van der Waals surface area (Å²) in [6, 6.07) is 14.0. The molecule has 2 aromatic carbocycles. The summed E-state index contributed by atoms with van der Waals surface area (Å²) in [7, 11) is 1.55. The van der Waals surface area contributed by atoms with Crippen molar-refractivity contribution in [1.82, 2.24) is 4.98 Å². The van der Waals surface area contributed by atoms with E-state index in [1.54, 1.807) is 43.5 Å². The van der Waals surface area contributed by atoms with Crippen LogP contribution in [0.1, 0.15) is 23.0 Å². The minimum atomic E-state index is -0.283. The minimum absolute atomic E-state index is 0.117. The van der Waals surface area contributed by atoms with Crippen LogP contribution in [0.4, 0.5) is 11.4 Å². The number of thioether (sulfide) groups is 1. The number of ether oxygens (including phenoxy) is 1. The molecule has 8 heteroatoms. The van der Waals surface area contributed by atoms with Crippen LogP contribution in [0, 0.1) is 6.92 Å². The summed E-state index contributed by atoms with van der Waals surface area (Å²) in [6.45, 7) is 3.77. The van der Waals surface area contributed by atoms with Crippen molar-refractivity contribution in [3.8, 4) is 5.75 Å². The van der Waals surface area contributed by atoms with Crippen LogP contribution in [-0.4, -0.2) is 29.2 Å². The van der Waals surface area contributed by atoms with Crippen molar-refractivity contribution in [3.05, 3.63) is 65.2 Å². The molecule has 1 unspecified atom stereocenters. The quantitative estimate of drug-likeness (QED) is 0.528. The predicted octanol–water partition coefficient (Wildman–Crippen LogP) is 4.83. The van der Waals surface area contributed by atoms with E-state index in [4.69, 9.17) is 4.74 Å². The molecule has 2 amide bonds. The topological polar surface area (TPSA) is 80.3 Å². The number of nitrogens with zero attached hydrogens (tertiary/aromatic N) is 1. The molecule has 0 aliphatic carbocycles. The van der Waals surface area contributed by atoms with Gasteiger partial charge in [0.05, 0.1) is 18.0 Å². The number of benzene rings is 2. The number of nitrogens with one attached hydrogen (secondary N) is 2. The van der Waals surface area contributed by atoms with Gasteiger partial charge in [-0.2, -0.15) is 0 Å². The molecule has 0 saturated carbocycles. The van der Waals surface area contributed by atoms with Gasteiger partial charge in [0, 0.05) is 22.3 Å². The third-order valence-corrected chi connectivity index (χ3v) is 6.20. The van der Waals surface area contributed by atoms with Crippen LogP contribution < -0.4 is 15.4 Å². The number of aryl methyl sites for hydroxylation is 1. The number of hydrogen-bond donors (Lipinski definition) is 2. The van der Waals surface area contributed by atoms with Gasteiger partial charge in [0.25, 0.3) is 5.91 Å². The first-order valence-corrected chi connectivity index (χ1v) is 10.7. The van der Waals surface area contributed by atoms with Crippen LogP contribution in [-0.2, 0) is 4.79 Å². The average Bonchev–Trinajstić information content (AvgIpc) is 3.13. The lowest BCUT2D eigenvalue weighted by atomic mass is 10.2. The van der Waals surface area contributed by atoms with Gasteiger partial charge in [-0.25, -0.2) is 4.98 Å². The zero-order valence-corrected chi connectivity index (χ0v) is 17.9. The second-order valence-corrected chi connectivity index (χ2v) is 8.68. The van der Waals surface area contributed by atoms with Crippen LogP contribution in [0.15, 0.2) is 58.3 Å². The van der Waals surface area contributed by atoms with E-state index < -0.39 is 0 Å². The molecule has 6 nitrogen and oxygen atoms in total. The lowest BCUT2D eigenvalue weighted by molar-refractivity contribution is -0.115. The molecule has 0 radical (unpaired) electrons. The number of carbonyl (C=O) groups is 2. The SMILES string of the molecule is COc1ccccc1NC(=O)c1ccc(NC(=O)C(C)Sc2nc(C)cs2)cc1. The Hall–Kier alpha value is -2.84. The molecule has 3 aromatic rings. The number of rotatable bonds is 7. The highest BCUT2D eigenvalue weighted by Gasteiger charge is 2.17. The van der Waals surface area contributed by atoms with Crippen molar-refractivity contribution < 1.29 is 14.3 Å². The van der Waals surface area contributed by atoms with Crippen molar-refractivity contribution >= 4 is 46.3 Å². The predicted molar refractivity (Wildman–Crippen MR) is 118 cm³/mol. The van der Waals surface area contributed by atoms with E-state index in [9.17, 15) is 9.59 Å². The summed E-state index contributed by atoms with van der Waals surface area (Å²) in [5.74, 6) is 0.219. The van der Waals surface area contributed by atoms with E-state index in [2.05, 4.69) is 15.6 Å². The summed E-state index contributed by atoms with van der Waals surface area (Å²) in [5.41, 5.74) is 2.66. The average molecular weight is 428 g/mol. The molecule has 0 aliphatic heterocycles. The molecule has 3 rings (SSSR count). The molecule has 0 fully saturated rings. The maximum atomic E-state index is 12.5. The number of methoxy groups -OCH3 is 1. The van der Waals surface area contributed by atoms with Gasteiger partial charge in [0.15, 0.2) is 4.34 Å². The molecule has 0 spiro atoms. The Balaban J connectivity index is 1.59. The van der Waals surface area contributed by atoms with Crippen LogP contribution in [0.5, 0.6) is 5.75 Å². The molecular weight excluding hydrogens is 406 g/mol. The van der Waals surface area contributed by atoms with Crippen molar-refractivity contribution in [2.45, 2.75) is 23.4 Å². The van der Waals surface area contributed by atoms with Gasteiger partial charge >= 0.3 is 0 Å². The molecule has 1 atom stereocenters. The molecule has 0 saturated heterocycles. The van der Waals surface area contributed by atoms with Gasteiger partial charge in [-0.3, -0.25) is 9.59 Å². The third-order valence-electron chi connectivity index (χ3n) is 4.01. The van der Waals surface area contributed by atoms with Gasteiger partial charge in [-0.1, -0.05) is 23.9 Å². The van der Waals surface area contributed by atoms with Gasteiger partial charge in [0.1, 0.15) is 5.75 Å². The fourth-order valence-electron chi connectivity index (χ4n) is 2.48. The highest BCUT2D eigenvalue weighted by atomic mass is 32.2. The number of thiazole rings is 1. The summed E-state index contributed by atoms with van der Waals surface area (Å²) < 4.78 is 6.11. The minimum Gasteiger partial charge on any atom is -0.495 e. The van der Waals surface area contributed by atoms with E-state index >= 15 is 0 Å². The summed E-state index contributed by atoms with van der Waals surface area (Å²) in [5, 5.41) is 7.37. The van der Waals surface area contributed by atoms with Gasteiger partial charge in [-0.05, 0) is 50.2 Å². The lowest BCUT2D eigenvalue weighted by Gasteiger charge is -2.12. The molecule has 1 aromatic heterocycles. The summed E-state index contributed by atoms with van der Waals surface area (Å²) >= 11 is 2.95. The van der Waals surface area contributed by atoms with Crippen LogP contribution in [0.3, 0.4) is 0 Å². The molecular formula is C21H21N3O3S2. The normalized spacial score (nSPS) is 11.6. The number of aromatic nitrogens is 1. The molecule has 0 bridgehead atoms. The van der Waals surface area contributed by atoms with E-state index in [0.29, 0.717) is 22.7 Å². The van der Waals surface area contributed by atoms with Crippen LogP contribution >= 0.6 is 23.1 Å². The first-order chi connectivity index (χ1) is 14.0. The van der Waals surface area contributed by atoms with E-state index in [0.717, 1.165) is 10.0 Å². The maximum Gasteiger partial charge on any atom is 0.255 e. The molecule has 150 valence electrons. The Morgan fingerprint density at radius 1 is 1.10 bits per heavy atom. The van der Waals surface area contributed by atoms with Crippen molar-refractivity contribution in [3.63, 3.8) is 0 Å². The summed E-state index contributed by atoms with van der Waals surface area (Å²) in [4.78, 5) is 29.2.